The van der Waals surface area contributed by atoms with E-state index in [1.165, 1.54) is 0 Å². The third-order valence-electron chi connectivity index (χ3n) is 1.20. The molecule has 0 bridgehead atoms. The quantitative estimate of drug-likeness (QED) is 0.619. The standard InChI is InChI=1S/C5H8NO.CH3.Y/c7-4-5-2-1-3-6-5;;/h5-6H,1-3H2;1H3;/q2*-1;/t5-;;/m0../s1. The maximum Gasteiger partial charge on any atom is 0 e. The first kappa shape index (κ1) is 12.4. The average Bonchev–Trinajstić information content (AvgIpc) is 2.14. The fourth-order valence-corrected chi connectivity index (χ4v) is 0.785. The predicted molar refractivity (Wildman–Crippen MR) is 33.1 cm³/mol. The number of nitrogens with one attached hydrogen (secondary N) is 1. The summed E-state index contributed by atoms with van der Waals surface area (Å²) < 4.78 is 0. The molecule has 0 aromatic rings. The van der Waals surface area contributed by atoms with Crippen LogP contribution in [0.1, 0.15) is 12.8 Å². The van der Waals surface area contributed by atoms with Crippen LogP contribution in [-0.2, 0) is 37.5 Å². The van der Waals surface area contributed by atoms with Gasteiger partial charge in [-0.2, -0.15) is 0 Å². The van der Waals surface area contributed by atoms with Crippen molar-refractivity contribution in [3.8, 4) is 0 Å². The van der Waals surface area contributed by atoms with Crippen LogP contribution < -0.4 is 5.32 Å². The van der Waals surface area contributed by atoms with Gasteiger partial charge in [-0.05, 0) is 13.0 Å². The van der Waals surface area contributed by atoms with Gasteiger partial charge >= 0.3 is 0 Å². The Bertz CT molecular complexity index is 71.5. The summed E-state index contributed by atoms with van der Waals surface area (Å²) >= 11 is 0. The topological polar surface area (TPSA) is 29.1 Å². The van der Waals surface area contributed by atoms with Gasteiger partial charge in [0.1, 0.15) is 0 Å². The van der Waals surface area contributed by atoms with Crippen molar-refractivity contribution in [2.75, 3.05) is 6.54 Å². The molecule has 1 saturated heterocycles. The first-order valence-electron chi connectivity index (χ1n) is 2.54. The summed E-state index contributed by atoms with van der Waals surface area (Å²) in [5.41, 5.74) is 0. The smallest absolute Gasteiger partial charge is 0 e. The van der Waals surface area contributed by atoms with Gasteiger partial charge in [0.2, 0.25) is 0 Å². The Morgan fingerprint density at radius 3 is 2.44 bits per heavy atom. The monoisotopic (exact) mass is 202 g/mol. The van der Waals surface area contributed by atoms with E-state index in [4.69, 9.17) is 0 Å². The zero-order valence-corrected chi connectivity index (χ0v) is 8.52. The molecule has 1 fully saturated rings. The van der Waals surface area contributed by atoms with Crippen molar-refractivity contribution in [3.05, 3.63) is 7.43 Å². The van der Waals surface area contributed by atoms with E-state index >= 15 is 0 Å². The van der Waals surface area contributed by atoms with Crippen LogP contribution in [-0.4, -0.2) is 18.9 Å². The Hall–Kier alpha value is 0.734. The van der Waals surface area contributed by atoms with Crippen LogP contribution >= 0.6 is 0 Å². The fraction of sp³-hybridized carbons (Fsp3) is 0.667. The van der Waals surface area contributed by atoms with Gasteiger partial charge < -0.3 is 17.5 Å². The molecule has 9 heavy (non-hydrogen) atoms. The van der Waals surface area contributed by atoms with E-state index in [2.05, 4.69) is 5.32 Å². The van der Waals surface area contributed by atoms with Gasteiger partial charge in [-0.25, -0.2) is 6.29 Å². The van der Waals surface area contributed by atoms with E-state index in [9.17, 15) is 4.79 Å². The van der Waals surface area contributed by atoms with Crippen molar-refractivity contribution >= 4 is 6.29 Å². The van der Waals surface area contributed by atoms with Crippen molar-refractivity contribution in [3.63, 3.8) is 0 Å². The minimum Gasteiger partial charge on any atom is -0.540 e. The summed E-state index contributed by atoms with van der Waals surface area (Å²) in [6.45, 7) is 0.986. The summed E-state index contributed by atoms with van der Waals surface area (Å²) in [5.74, 6) is 0. The molecular formula is C6H11NOY-2. The number of hydrogen-bond acceptors (Lipinski definition) is 2. The van der Waals surface area contributed by atoms with E-state index in [1.54, 1.807) is 0 Å². The van der Waals surface area contributed by atoms with Gasteiger partial charge in [0.15, 0.2) is 0 Å². The van der Waals surface area contributed by atoms with E-state index in [-0.39, 0.29) is 46.2 Å². The molecule has 1 atom stereocenters. The molecule has 1 N–H and O–H groups in total. The molecule has 0 unspecified atom stereocenters. The second kappa shape index (κ2) is 6.85. The normalized spacial score (nSPS) is 23.8. The molecule has 0 saturated carbocycles. The van der Waals surface area contributed by atoms with Gasteiger partial charge in [-0.1, -0.05) is 12.5 Å². The molecule has 1 heterocycles. The molecule has 3 heteroatoms. The van der Waals surface area contributed by atoms with Crippen LogP contribution in [0.4, 0.5) is 0 Å². The molecule has 0 aromatic carbocycles. The molecule has 1 aliphatic rings. The molecule has 51 valence electrons. The van der Waals surface area contributed by atoms with E-state index in [0.29, 0.717) is 0 Å². The zero-order chi connectivity index (χ0) is 5.11. The van der Waals surface area contributed by atoms with Crippen molar-refractivity contribution in [2.45, 2.75) is 18.9 Å². The molecule has 0 amide bonds. The molecule has 1 rings (SSSR count). The van der Waals surface area contributed by atoms with Gasteiger partial charge in [0, 0.05) is 32.7 Å². The third kappa shape index (κ3) is 4.18. The van der Waals surface area contributed by atoms with Crippen molar-refractivity contribution in [1.29, 1.82) is 0 Å². The van der Waals surface area contributed by atoms with Gasteiger partial charge in [-0.15, -0.1) is 0 Å². The van der Waals surface area contributed by atoms with E-state index in [0.717, 1.165) is 19.4 Å². The van der Waals surface area contributed by atoms with Crippen LogP contribution in [0.2, 0.25) is 0 Å². The first-order valence-corrected chi connectivity index (χ1v) is 2.54. The third-order valence-corrected chi connectivity index (χ3v) is 1.20. The predicted octanol–water partition coefficient (Wildman–Crippen LogP) is 0.296. The largest absolute Gasteiger partial charge is 0.540 e. The zero-order valence-electron chi connectivity index (χ0n) is 5.68. The Kier molecular flexibility index (Phi) is 9.45. The molecule has 0 aliphatic carbocycles. The van der Waals surface area contributed by atoms with Crippen LogP contribution in [0.25, 0.3) is 0 Å². The van der Waals surface area contributed by atoms with Crippen molar-refractivity contribution < 1.29 is 37.5 Å². The number of rotatable bonds is 1. The van der Waals surface area contributed by atoms with Crippen LogP contribution in [0.15, 0.2) is 0 Å². The summed E-state index contributed by atoms with van der Waals surface area (Å²) in [6, 6.07) is 0.0417. The molecule has 0 spiro atoms. The second-order valence-electron chi connectivity index (χ2n) is 1.77. The van der Waals surface area contributed by atoms with Crippen molar-refractivity contribution in [1.82, 2.24) is 5.32 Å². The van der Waals surface area contributed by atoms with Crippen LogP contribution in [0.3, 0.4) is 0 Å². The second-order valence-corrected chi connectivity index (χ2v) is 1.77. The van der Waals surface area contributed by atoms with E-state index < -0.39 is 0 Å². The Labute approximate surface area is 81.7 Å². The van der Waals surface area contributed by atoms with Crippen molar-refractivity contribution in [2.24, 2.45) is 0 Å². The average molecular weight is 202 g/mol. The minimum absolute atomic E-state index is 0. The molecular weight excluding hydrogens is 191 g/mol. The Morgan fingerprint density at radius 2 is 2.22 bits per heavy atom. The molecule has 0 aromatic heterocycles. The molecule has 1 radical (unpaired) electrons. The summed E-state index contributed by atoms with van der Waals surface area (Å²) in [5, 5.41) is 2.98. The van der Waals surface area contributed by atoms with Gasteiger partial charge in [0.05, 0.1) is 0 Å². The maximum atomic E-state index is 9.82. The summed E-state index contributed by atoms with van der Waals surface area (Å²) in [4.78, 5) is 9.82. The molecule has 2 nitrogen and oxygen atoms in total. The Morgan fingerprint density at radius 1 is 1.56 bits per heavy atom. The first-order chi connectivity index (χ1) is 3.43. The van der Waals surface area contributed by atoms with Crippen LogP contribution in [0.5, 0.6) is 0 Å². The Balaban J connectivity index is 0. The maximum absolute atomic E-state index is 9.82. The van der Waals surface area contributed by atoms with Gasteiger partial charge in [-0.3, -0.25) is 0 Å². The number of carbonyl (C=O) groups excluding carboxylic acids is 1. The summed E-state index contributed by atoms with van der Waals surface area (Å²) in [7, 11) is 0. The molecule has 1 aliphatic heterocycles. The summed E-state index contributed by atoms with van der Waals surface area (Å²) in [6.07, 6.45) is 4.00. The van der Waals surface area contributed by atoms with E-state index in [1.807, 2.05) is 6.29 Å². The SMILES string of the molecule is O=[C-][C@@H]1CCCN1.[CH3-].[Y]. The van der Waals surface area contributed by atoms with Crippen LogP contribution in [0, 0.1) is 7.43 Å². The van der Waals surface area contributed by atoms with Gasteiger partial charge in [0.25, 0.3) is 0 Å². The fourth-order valence-electron chi connectivity index (χ4n) is 0.785. The minimum atomic E-state index is 0. The number of hydrogen-bond donors (Lipinski definition) is 1.